The maximum absolute atomic E-state index is 12.3. The third-order valence-corrected chi connectivity index (χ3v) is 3.83. The Labute approximate surface area is 137 Å². The van der Waals surface area contributed by atoms with Gasteiger partial charge in [0.15, 0.2) is 5.82 Å². The molecule has 2 amide bonds. The van der Waals surface area contributed by atoms with Crippen molar-refractivity contribution < 1.29 is 22.8 Å². The van der Waals surface area contributed by atoms with Crippen molar-refractivity contribution in [2.75, 3.05) is 5.32 Å². The van der Waals surface area contributed by atoms with Gasteiger partial charge in [-0.1, -0.05) is 11.2 Å². The fraction of sp³-hybridized carbons (Fsp3) is 0.375. The predicted molar refractivity (Wildman–Crippen MR) is 82.1 cm³/mol. The molecule has 0 spiro atoms. The SMILES string of the molecule is Cc1cc(NC(=O)N[C@@H]2CCCc3cc(OC(F)F)ccc32)no1. The summed E-state index contributed by atoms with van der Waals surface area (Å²) >= 11 is 0. The van der Waals surface area contributed by atoms with Crippen molar-refractivity contribution in [3.63, 3.8) is 0 Å². The maximum Gasteiger partial charge on any atom is 0.387 e. The van der Waals surface area contributed by atoms with Gasteiger partial charge in [-0.3, -0.25) is 5.32 Å². The second-order valence-electron chi connectivity index (χ2n) is 5.61. The van der Waals surface area contributed by atoms with Crippen LogP contribution in [0.25, 0.3) is 0 Å². The summed E-state index contributed by atoms with van der Waals surface area (Å²) in [5.41, 5.74) is 1.82. The number of carbonyl (C=O) groups is 1. The number of aromatic nitrogens is 1. The summed E-state index contributed by atoms with van der Waals surface area (Å²) in [7, 11) is 0. The molecule has 2 N–H and O–H groups in total. The van der Waals surface area contributed by atoms with Crippen molar-refractivity contribution in [2.45, 2.75) is 38.8 Å². The van der Waals surface area contributed by atoms with Crippen molar-refractivity contribution in [1.82, 2.24) is 10.5 Å². The van der Waals surface area contributed by atoms with Gasteiger partial charge in [0.2, 0.25) is 0 Å². The van der Waals surface area contributed by atoms with Crippen LogP contribution in [0.5, 0.6) is 5.75 Å². The Balaban J connectivity index is 1.68. The first-order valence-corrected chi connectivity index (χ1v) is 7.60. The number of ether oxygens (including phenoxy) is 1. The lowest BCUT2D eigenvalue weighted by molar-refractivity contribution is -0.0499. The number of benzene rings is 1. The number of nitrogens with one attached hydrogen (secondary N) is 2. The van der Waals surface area contributed by atoms with Crippen LogP contribution in [0.3, 0.4) is 0 Å². The van der Waals surface area contributed by atoms with E-state index in [0.717, 1.165) is 30.4 Å². The minimum absolute atomic E-state index is 0.131. The fourth-order valence-electron chi connectivity index (χ4n) is 2.85. The van der Waals surface area contributed by atoms with Crippen LogP contribution < -0.4 is 15.4 Å². The summed E-state index contributed by atoms with van der Waals surface area (Å²) in [6.45, 7) is -1.12. The summed E-state index contributed by atoms with van der Waals surface area (Å²) in [6.07, 6.45) is 2.38. The highest BCUT2D eigenvalue weighted by Crippen LogP contribution is 2.32. The zero-order valence-corrected chi connectivity index (χ0v) is 13.0. The standard InChI is InChI=1S/C16H17F2N3O3/c1-9-7-14(21-24-9)20-16(22)19-13-4-2-3-10-8-11(23-15(17)18)5-6-12(10)13/h5-8,13,15H,2-4H2,1H3,(H2,19,20,21,22)/t13-/m1/s1. The van der Waals surface area contributed by atoms with Gasteiger partial charge in [-0.05, 0) is 49.4 Å². The largest absolute Gasteiger partial charge is 0.435 e. The minimum Gasteiger partial charge on any atom is -0.435 e. The van der Waals surface area contributed by atoms with Crippen LogP contribution in [0.4, 0.5) is 19.4 Å². The molecule has 128 valence electrons. The smallest absolute Gasteiger partial charge is 0.387 e. The number of fused-ring (bicyclic) bond motifs is 1. The molecule has 1 aliphatic rings. The second-order valence-corrected chi connectivity index (χ2v) is 5.61. The molecule has 1 aliphatic carbocycles. The first-order chi connectivity index (χ1) is 11.5. The van der Waals surface area contributed by atoms with E-state index >= 15 is 0 Å². The van der Waals surface area contributed by atoms with Gasteiger partial charge in [-0.15, -0.1) is 0 Å². The third-order valence-electron chi connectivity index (χ3n) is 3.83. The Hall–Kier alpha value is -2.64. The highest BCUT2D eigenvalue weighted by atomic mass is 19.3. The number of carbonyl (C=O) groups excluding carboxylic acids is 1. The third kappa shape index (κ3) is 3.81. The maximum atomic E-state index is 12.3. The van der Waals surface area contributed by atoms with Gasteiger partial charge in [0.05, 0.1) is 6.04 Å². The summed E-state index contributed by atoms with van der Waals surface area (Å²) < 4.78 is 33.9. The molecule has 0 saturated carbocycles. The van der Waals surface area contributed by atoms with Crippen molar-refractivity contribution >= 4 is 11.8 Å². The Morgan fingerprint density at radius 3 is 2.96 bits per heavy atom. The van der Waals surface area contributed by atoms with E-state index in [4.69, 9.17) is 4.52 Å². The van der Waals surface area contributed by atoms with Gasteiger partial charge in [-0.25, -0.2) is 4.79 Å². The van der Waals surface area contributed by atoms with Gasteiger partial charge in [-0.2, -0.15) is 8.78 Å². The molecule has 24 heavy (non-hydrogen) atoms. The molecule has 0 unspecified atom stereocenters. The number of halogens is 2. The van der Waals surface area contributed by atoms with E-state index in [-0.39, 0.29) is 11.8 Å². The Morgan fingerprint density at radius 2 is 2.25 bits per heavy atom. The Morgan fingerprint density at radius 1 is 1.42 bits per heavy atom. The summed E-state index contributed by atoms with van der Waals surface area (Å²) in [5, 5.41) is 9.17. The lowest BCUT2D eigenvalue weighted by Crippen LogP contribution is -2.34. The molecule has 3 rings (SSSR count). The van der Waals surface area contributed by atoms with Crippen molar-refractivity contribution in [1.29, 1.82) is 0 Å². The number of urea groups is 1. The van der Waals surface area contributed by atoms with E-state index < -0.39 is 12.6 Å². The number of alkyl halides is 2. The average molecular weight is 337 g/mol. The second kappa shape index (κ2) is 6.86. The first kappa shape index (κ1) is 16.2. The minimum atomic E-state index is -2.85. The number of hydrogen-bond acceptors (Lipinski definition) is 4. The predicted octanol–water partition coefficient (Wildman–Crippen LogP) is 3.78. The van der Waals surface area contributed by atoms with Crippen LogP contribution in [0.1, 0.15) is 35.8 Å². The van der Waals surface area contributed by atoms with Gasteiger partial charge in [0.25, 0.3) is 0 Å². The Kier molecular flexibility index (Phi) is 4.64. The average Bonchev–Trinajstić information content (AvgIpc) is 2.91. The van der Waals surface area contributed by atoms with Crippen molar-refractivity contribution in [3.05, 3.63) is 41.2 Å². The van der Waals surface area contributed by atoms with Crippen molar-refractivity contribution in [3.8, 4) is 5.75 Å². The van der Waals surface area contributed by atoms with Crippen LogP contribution >= 0.6 is 0 Å². The van der Waals surface area contributed by atoms with E-state index in [1.165, 1.54) is 6.07 Å². The van der Waals surface area contributed by atoms with Gasteiger partial charge in [0.1, 0.15) is 11.5 Å². The van der Waals surface area contributed by atoms with Crippen LogP contribution in [-0.2, 0) is 6.42 Å². The lowest BCUT2D eigenvalue weighted by atomic mass is 9.87. The molecule has 0 radical (unpaired) electrons. The molecule has 1 heterocycles. The van der Waals surface area contributed by atoms with E-state index in [1.807, 2.05) is 0 Å². The summed E-state index contributed by atoms with van der Waals surface area (Å²) in [4.78, 5) is 12.1. The van der Waals surface area contributed by atoms with Gasteiger partial charge < -0.3 is 14.6 Å². The monoisotopic (exact) mass is 337 g/mol. The topological polar surface area (TPSA) is 76.4 Å². The number of rotatable bonds is 4. The summed E-state index contributed by atoms with van der Waals surface area (Å²) in [6, 6.07) is 5.84. The van der Waals surface area contributed by atoms with Crippen LogP contribution in [0.15, 0.2) is 28.8 Å². The first-order valence-electron chi connectivity index (χ1n) is 7.60. The molecule has 1 atom stereocenters. The van der Waals surface area contributed by atoms with E-state index in [2.05, 4.69) is 20.5 Å². The molecule has 8 heteroatoms. The normalized spacial score (nSPS) is 16.6. The number of aryl methyl sites for hydroxylation is 2. The van der Waals surface area contributed by atoms with Crippen LogP contribution in [0.2, 0.25) is 0 Å². The molecule has 0 fully saturated rings. The molecule has 6 nitrogen and oxygen atoms in total. The quantitative estimate of drug-likeness (QED) is 0.890. The fourth-order valence-corrected chi connectivity index (χ4v) is 2.85. The molecule has 0 saturated heterocycles. The molecule has 2 aromatic rings. The van der Waals surface area contributed by atoms with E-state index in [1.54, 1.807) is 25.1 Å². The summed E-state index contributed by atoms with van der Waals surface area (Å²) in [5.74, 6) is 1.06. The molecule has 0 bridgehead atoms. The zero-order valence-electron chi connectivity index (χ0n) is 13.0. The highest BCUT2D eigenvalue weighted by Gasteiger charge is 2.23. The van der Waals surface area contributed by atoms with Crippen LogP contribution in [0, 0.1) is 6.92 Å². The number of anilines is 1. The number of amides is 2. The van der Waals surface area contributed by atoms with E-state index in [9.17, 15) is 13.6 Å². The lowest BCUT2D eigenvalue weighted by Gasteiger charge is -2.26. The van der Waals surface area contributed by atoms with Crippen molar-refractivity contribution in [2.24, 2.45) is 0 Å². The highest BCUT2D eigenvalue weighted by molar-refractivity contribution is 5.88. The number of nitrogens with zero attached hydrogens (tertiary/aromatic N) is 1. The molecule has 1 aromatic heterocycles. The molecular weight excluding hydrogens is 320 g/mol. The molecular formula is C16H17F2N3O3. The number of hydrogen-bond donors (Lipinski definition) is 2. The zero-order chi connectivity index (χ0) is 17.1. The molecule has 0 aliphatic heterocycles. The van der Waals surface area contributed by atoms with E-state index in [0.29, 0.717) is 11.6 Å². The Bertz CT molecular complexity index is 733. The van der Waals surface area contributed by atoms with Gasteiger partial charge >= 0.3 is 12.6 Å². The molecule has 1 aromatic carbocycles. The van der Waals surface area contributed by atoms with Gasteiger partial charge in [0, 0.05) is 6.07 Å². The van der Waals surface area contributed by atoms with Crippen LogP contribution in [-0.4, -0.2) is 17.8 Å².